The van der Waals surface area contributed by atoms with Gasteiger partial charge in [-0.3, -0.25) is 14.6 Å². The molecule has 0 unspecified atom stereocenters. The number of benzene rings is 4. The highest BCUT2D eigenvalue weighted by atomic mass is 35.5. The molecule has 2 amide bonds. The van der Waals surface area contributed by atoms with Crippen LogP contribution in [0.2, 0.25) is 5.02 Å². The van der Waals surface area contributed by atoms with Crippen molar-refractivity contribution in [2.75, 3.05) is 4.90 Å². The first-order chi connectivity index (χ1) is 18.0. The van der Waals surface area contributed by atoms with Crippen LogP contribution in [-0.2, 0) is 15.0 Å². The van der Waals surface area contributed by atoms with E-state index >= 15 is 0 Å². The van der Waals surface area contributed by atoms with Gasteiger partial charge >= 0.3 is 0 Å². The van der Waals surface area contributed by atoms with Gasteiger partial charge in [-0.2, -0.15) is 0 Å². The Labute approximate surface area is 220 Å². The standard InChI is InChI=1S/C32H23ClN2O2/c1-19-10-2-8-16-25(19)34-18-32-22-13-5-3-11-20(22)27(21-12-4-6-14-23(21)32)28-29(32)31(37)35(30(28)36)26-17-9-7-15-24(26)33/h2-18,27-29H,1H3/t27?,28-,29-,32?/m1/s1. The minimum Gasteiger partial charge on any atom is -0.274 e. The lowest BCUT2D eigenvalue weighted by atomic mass is 9.47. The topological polar surface area (TPSA) is 49.7 Å². The number of aliphatic imine (C=N–C) groups is 1. The maximum atomic E-state index is 14.4. The van der Waals surface area contributed by atoms with Gasteiger partial charge < -0.3 is 0 Å². The molecule has 1 saturated heterocycles. The van der Waals surface area contributed by atoms with Gasteiger partial charge in [0.1, 0.15) is 0 Å². The third-order valence-electron chi connectivity index (χ3n) is 8.30. The number of hydrogen-bond donors (Lipinski definition) is 0. The highest BCUT2D eigenvalue weighted by Gasteiger charge is 2.68. The van der Waals surface area contributed by atoms with E-state index in [9.17, 15) is 9.59 Å². The van der Waals surface area contributed by atoms with E-state index in [1.165, 1.54) is 4.90 Å². The predicted molar refractivity (Wildman–Crippen MR) is 146 cm³/mol. The quantitative estimate of drug-likeness (QED) is 0.234. The summed E-state index contributed by atoms with van der Waals surface area (Å²) in [6.07, 6.45) is 1.93. The fourth-order valence-corrected chi connectivity index (χ4v) is 7.02. The van der Waals surface area contributed by atoms with Gasteiger partial charge in [0, 0.05) is 12.1 Å². The van der Waals surface area contributed by atoms with Crippen LogP contribution >= 0.6 is 11.6 Å². The molecule has 0 saturated carbocycles. The van der Waals surface area contributed by atoms with Gasteiger partial charge in [-0.25, -0.2) is 4.90 Å². The number of amides is 2. The summed E-state index contributed by atoms with van der Waals surface area (Å²) in [6, 6.07) is 31.4. The highest BCUT2D eigenvalue weighted by Crippen LogP contribution is 2.64. The summed E-state index contributed by atoms with van der Waals surface area (Å²) in [5.41, 5.74) is 5.69. The molecular weight excluding hydrogens is 480 g/mol. The van der Waals surface area contributed by atoms with E-state index in [1.54, 1.807) is 24.3 Å². The van der Waals surface area contributed by atoms with Crippen molar-refractivity contribution >= 4 is 41.0 Å². The molecule has 0 aromatic heterocycles. The Kier molecular flexibility index (Phi) is 4.79. The Balaban J connectivity index is 1.53. The van der Waals surface area contributed by atoms with Gasteiger partial charge in [0.2, 0.25) is 11.8 Å². The van der Waals surface area contributed by atoms with E-state index in [4.69, 9.17) is 16.6 Å². The number of anilines is 1. The molecule has 4 aliphatic rings. The number of imide groups is 1. The minimum absolute atomic E-state index is 0.203. The van der Waals surface area contributed by atoms with Gasteiger partial charge in [0.25, 0.3) is 0 Å². The van der Waals surface area contributed by atoms with Gasteiger partial charge in [-0.1, -0.05) is 90.5 Å². The molecule has 3 aliphatic carbocycles. The molecule has 4 aromatic rings. The van der Waals surface area contributed by atoms with Crippen LogP contribution in [-0.4, -0.2) is 18.0 Å². The van der Waals surface area contributed by atoms with Crippen molar-refractivity contribution < 1.29 is 9.59 Å². The molecular formula is C32H23ClN2O2. The molecule has 180 valence electrons. The zero-order valence-corrected chi connectivity index (χ0v) is 20.9. The van der Waals surface area contributed by atoms with Crippen LogP contribution in [0.15, 0.2) is 102 Å². The number of carbonyl (C=O) groups is 2. The predicted octanol–water partition coefficient (Wildman–Crippen LogP) is 6.60. The van der Waals surface area contributed by atoms with Crippen LogP contribution in [0.1, 0.15) is 33.7 Å². The zero-order valence-electron chi connectivity index (χ0n) is 20.1. The van der Waals surface area contributed by atoms with Crippen molar-refractivity contribution in [3.05, 3.63) is 130 Å². The van der Waals surface area contributed by atoms with Gasteiger partial charge in [0.05, 0.1) is 33.6 Å². The second-order valence-electron chi connectivity index (χ2n) is 10.0. The summed E-state index contributed by atoms with van der Waals surface area (Å²) in [4.78, 5) is 34.9. The number of nitrogens with zero attached hydrogens (tertiary/aromatic N) is 2. The molecule has 2 atom stereocenters. The first kappa shape index (κ1) is 22.2. The fourth-order valence-electron chi connectivity index (χ4n) is 6.80. The third kappa shape index (κ3) is 2.88. The SMILES string of the molecule is Cc1ccccc1N=CC12c3ccccc3C(c3ccccc31)[C@H]1C(=O)N(c3ccccc3Cl)C(=O)[C@@H]12. The molecule has 2 bridgehead atoms. The Morgan fingerprint density at radius 1 is 0.784 bits per heavy atom. The van der Waals surface area contributed by atoms with E-state index < -0.39 is 17.3 Å². The van der Waals surface area contributed by atoms with Crippen LogP contribution in [0.4, 0.5) is 11.4 Å². The normalized spacial score (nSPS) is 25.4. The first-order valence-electron chi connectivity index (χ1n) is 12.5. The molecule has 37 heavy (non-hydrogen) atoms. The highest BCUT2D eigenvalue weighted by molar-refractivity contribution is 6.36. The minimum atomic E-state index is -0.891. The number of halogens is 1. The number of hydrogen-bond acceptors (Lipinski definition) is 3. The largest absolute Gasteiger partial charge is 0.274 e. The zero-order chi connectivity index (χ0) is 25.3. The Morgan fingerprint density at radius 2 is 1.38 bits per heavy atom. The summed E-state index contributed by atoms with van der Waals surface area (Å²) < 4.78 is 0. The molecule has 1 fully saturated rings. The number of carbonyl (C=O) groups excluding carboxylic acids is 2. The van der Waals surface area contributed by atoms with Crippen molar-refractivity contribution in [3.63, 3.8) is 0 Å². The lowest BCUT2D eigenvalue weighted by Gasteiger charge is -2.52. The van der Waals surface area contributed by atoms with E-state index in [0.29, 0.717) is 10.7 Å². The van der Waals surface area contributed by atoms with E-state index in [0.717, 1.165) is 33.5 Å². The Morgan fingerprint density at radius 3 is 2.05 bits per heavy atom. The summed E-state index contributed by atoms with van der Waals surface area (Å²) in [7, 11) is 0. The van der Waals surface area contributed by atoms with Crippen molar-refractivity contribution in [2.45, 2.75) is 18.3 Å². The second kappa shape index (κ2) is 7.99. The van der Waals surface area contributed by atoms with Crippen LogP contribution in [0.5, 0.6) is 0 Å². The van der Waals surface area contributed by atoms with Crippen LogP contribution in [0, 0.1) is 18.8 Å². The van der Waals surface area contributed by atoms with Crippen LogP contribution in [0.25, 0.3) is 0 Å². The van der Waals surface area contributed by atoms with Crippen LogP contribution in [0.3, 0.4) is 0 Å². The molecule has 4 nitrogen and oxygen atoms in total. The summed E-state index contributed by atoms with van der Waals surface area (Å²) in [5, 5.41) is 0.382. The Hall–Kier alpha value is -4.02. The molecule has 0 N–H and O–H groups in total. The average Bonchev–Trinajstić information content (AvgIpc) is 3.19. The molecule has 8 rings (SSSR count). The lowest BCUT2D eigenvalue weighted by molar-refractivity contribution is -0.122. The van der Waals surface area contributed by atoms with Crippen molar-refractivity contribution in [2.24, 2.45) is 16.8 Å². The van der Waals surface area contributed by atoms with E-state index in [2.05, 4.69) is 24.3 Å². The van der Waals surface area contributed by atoms with Gasteiger partial charge in [-0.05, 0) is 52.9 Å². The first-order valence-corrected chi connectivity index (χ1v) is 12.8. The number of rotatable bonds is 3. The van der Waals surface area contributed by atoms with E-state index in [1.807, 2.05) is 61.7 Å². The summed E-state index contributed by atoms with van der Waals surface area (Å²) in [6.45, 7) is 2.02. The fraction of sp³-hybridized carbons (Fsp3) is 0.156. The molecule has 0 radical (unpaired) electrons. The maximum Gasteiger partial charge on any atom is 0.239 e. The lowest BCUT2D eigenvalue weighted by Crippen LogP contribution is -2.54. The van der Waals surface area contributed by atoms with Crippen molar-refractivity contribution in [1.82, 2.24) is 0 Å². The third-order valence-corrected chi connectivity index (χ3v) is 8.62. The van der Waals surface area contributed by atoms with Gasteiger partial charge in [-0.15, -0.1) is 0 Å². The molecule has 4 aromatic carbocycles. The average molecular weight is 503 g/mol. The molecule has 0 spiro atoms. The van der Waals surface area contributed by atoms with Crippen molar-refractivity contribution in [1.29, 1.82) is 0 Å². The van der Waals surface area contributed by atoms with Crippen molar-refractivity contribution in [3.8, 4) is 0 Å². The number of aryl methyl sites for hydroxylation is 1. The molecule has 1 heterocycles. The maximum absolute atomic E-state index is 14.4. The molecule has 5 heteroatoms. The smallest absolute Gasteiger partial charge is 0.239 e. The Bertz CT molecular complexity index is 1590. The van der Waals surface area contributed by atoms with Gasteiger partial charge in [0.15, 0.2) is 0 Å². The molecule has 1 aliphatic heterocycles. The summed E-state index contributed by atoms with van der Waals surface area (Å²) in [5.74, 6) is -1.81. The summed E-state index contributed by atoms with van der Waals surface area (Å²) >= 11 is 6.52. The monoisotopic (exact) mass is 502 g/mol. The van der Waals surface area contributed by atoms with Crippen LogP contribution < -0.4 is 4.90 Å². The van der Waals surface area contributed by atoms with E-state index in [-0.39, 0.29) is 17.7 Å². The second-order valence-corrected chi connectivity index (χ2v) is 10.4. The number of para-hydroxylation sites is 2.